The monoisotopic (exact) mass is 333 g/mol. The third-order valence-electron chi connectivity index (χ3n) is 4.33. The average Bonchev–Trinajstić information content (AvgIpc) is 2.90. The van der Waals surface area contributed by atoms with Crippen molar-refractivity contribution >= 4 is 11.6 Å². The number of aryl methyl sites for hydroxylation is 1. The van der Waals surface area contributed by atoms with Gasteiger partial charge in [0.1, 0.15) is 18.1 Å². The summed E-state index contributed by atoms with van der Waals surface area (Å²) in [6.07, 6.45) is 0.996. The molecular formula is C18H24ClN3O. The van der Waals surface area contributed by atoms with Gasteiger partial charge < -0.3 is 10.1 Å². The third-order valence-corrected chi connectivity index (χ3v) is 4.73. The number of hydrogen-bond acceptors (Lipinski definition) is 3. The fourth-order valence-corrected chi connectivity index (χ4v) is 3.10. The molecule has 23 heavy (non-hydrogen) atoms. The number of fused-ring (bicyclic) bond motifs is 1. The third kappa shape index (κ3) is 3.38. The van der Waals surface area contributed by atoms with E-state index < -0.39 is 0 Å². The topological polar surface area (TPSA) is 49.9 Å². The van der Waals surface area contributed by atoms with Crippen LogP contribution in [0.2, 0.25) is 5.02 Å². The van der Waals surface area contributed by atoms with Gasteiger partial charge in [0.15, 0.2) is 0 Å². The Balaban J connectivity index is 1.86. The summed E-state index contributed by atoms with van der Waals surface area (Å²) in [4.78, 5) is 0. The molecule has 2 heterocycles. The number of benzene rings is 1. The van der Waals surface area contributed by atoms with E-state index in [1.54, 1.807) is 0 Å². The molecule has 3 rings (SSSR count). The molecule has 0 saturated carbocycles. The van der Waals surface area contributed by atoms with Gasteiger partial charge in [-0.2, -0.15) is 5.10 Å². The Morgan fingerprint density at radius 3 is 2.83 bits per heavy atom. The lowest BCUT2D eigenvalue weighted by Gasteiger charge is -2.24. The Bertz CT molecular complexity index is 716. The summed E-state index contributed by atoms with van der Waals surface area (Å²) in [5.41, 5.74) is 5.61. The lowest BCUT2D eigenvalue weighted by molar-refractivity contribution is 0.291. The van der Waals surface area contributed by atoms with Crippen molar-refractivity contribution in [2.75, 3.05) is 6.54 Å². The summed E-state index contributed by atoms with van der Waals surface area (Å²) >= 11 is 6.31. The summed E-state index contributed by atoms with van der Waals surface area (Å²) in [6, 6.07) is 4.06. The maximum atomic E-state index is 6.31. The van der Waals surface area contributed by atoms with Crippen molar-refractivity contribution in [2.45, 2.75) is 52.7 Å². The average molecular weight is 334 g/mol. The van der Waals surface area contributed by atoms with E-state index in [0.29, 0.717) is 6.61 Å². The molecule has 0 spiro atoms. The highest BCUT2D eigenvalue weighted by atomic mass is 35.5. The first-order valence-electron chi connectivity index (χ1n) is 8.05. The number of nitrogens with zero attached hydrogens (tertiary/aromatic N) is 1. The molecule has 0 unspecified atom stereocenters. The molecule has 0 bridgehead atoms. The van der Waals surface area contributed by atoms with Crippen LogP contribution in [-0.4, -0.2) is 16.7 Å². The minimum atomic E-state index is -0.0262. The Kier molecular flexibility index (Phi) is 4.39. The predicted molar refractivity (Wildman–Crippen MR) is 93.2 cm³/mol. The molecule has 0 aliphatic carbocycles. The maximum Gasteiger partial charge on any atom is 0.132 e. The largest absolute Gasteiger partial charge is 0.487 e. The first-order chi connectivity index (χ1) is 10.9. The normalized spacial score (nSPS) is 14.7. The fraction of sp³-hybridized carbons (Fsp3) is 0.500. The molecule has 0 saturated heterocycles. The van der Waals surface area contributed by atoms with E-state index in [0.717, 1.165) is 47.1 Å². The molecule has 2 aromatic rings. The van der Waals surface area contributed by atoms with E-state index in [4.69, 9.17) is 16.3 Å². The van der Waals surface area contributed by atoms with Crippen LogP contribution in [0.15, 0.2) is 12.1 Å². The van der Waals surface area contributed by atoms with Crippen molar-refractivity contribution in [3.63, 3.8) is 0 Å². The second-order valence-corrected chi connectivity index (χ2v) is 7.60. The predicted octanol–water partition coefficient (Wildman–Crippen LogP) is 3.89. The van der Waals surface area contributed by atoms with Crippen LogP contribution in [0.3, 0.4) is 0 Å². The van der Waals surface area contributed by atoms with Crippen LogP contribution < -0.4 is 10.1 Å². The molecule has 4 nitrogen and oxygen atoms in total. The van der Waals surface area contributed by atoms with Crippen molar-refractivity contribution in [1.82, 2.24) is 15.5 Å². The van der Waals surface area contributed by atoms with Gasteiger partial charge in [-0.25, -0.2) is 0 Å². The molecule has 1 aromatic heterocycles. The second kappa shape index (κ2) is 6.17. The zero-order valence-electron chi connectivity index (χ0n) is 14.2. The van der Waals surface area contributed by atoms with E-state index in [-0.39, 0.29) is 5.41 Å². The van der Waals surface area contributed by atoms with Gasteiger partial charge in [0, 0.05) is 22.7 Å². The van der Waals surface area contributed by atoms with Gasteiger partial charge in [-0.15, -0.1) is 0 Å². The van der Waals surface area contributed by atoms with Crippen LogP contribution in [0.4, 0.5) is 0 Å². The molecule has 0 atom stereocenters. The quantitative estimate of drug-likeness (QED) is 0.895. The van der Waals surface area contributed by atoms with Crippen LogP contribution in [-0.2, 0) is 25.0 Å². The Hall–Kier alpha value is -1.52. The molecular weight excluding hydrogens is 310 g/mol. The summed E-state index contributed by atoms with van der Waals surface area (Å²) in [5.74, 6) is 0.894. The Labute approximate surface area is 142 Å². The van der Waals surface area contributed by atoms with E-state index in [9.17, 15) is 0 Å². The van der Waals surface area contributed by atoms with Crippen molar-refractivity contribution in [3.8, 4) is 5.75 Å². The van der Waals surface area contributed by atoms with Crippen LogP contribution in [0.5, 0.6) is 5.75 Å². The highest BCUT2D eigenvalue weighted by Gasteiger charge is 2.22. The number of ether oxygens (including phenoxy) is 1. The Morgan fingerprint density at radius 2 is 2.09 bits per heavy atom. The number of hydrogen-bond donors (Lipinski definition) is 2. The summed E-state index contributed by atoms with van der Waals surface area (Å²) < 4.78 is 6.15. The molecule has 124 valence electrons. The van der Waals surface area contributed by atoms with Crippen LogP contribution in [0.1, 0.15) is 48.8 Å². The van der Waals surface area contributed by atoms with Crippen LogP contribution >= 0.6 is 11.6 Å². The van der Waals surface area contributed by atoms with E-state index in [1.807, 2.05) is 19.1 Å². The highest BCUT2D eigenvalue weighted by Crippen LogP contribution is 2.36. The summed E-state index contributed by atoms with van der Waals surface area (Å²) in [5, 5.41) is 11.7. The van der Waals surface area contributed by atoms with E-state index in [1.165, 1.54) is 11.3 Å². The van der Waals surface area contributed by atoms with Gasteiger partial charge in [0.25, 0.3) is 0 Å². The molecule has 0 radical (unpaired) electrons. The molecule has 1 aliphatic heterocycles. The fourth-order valence-electron chi connectivity index (χ4n) is 2.94. The molecule has 0 amide bonds. The van der Waals surface area contributed by atoms with Crippen molar-refractivity contribution < 1.29 is 4.74 Å². The number of halogens is 1. The molecule has 0 fully saturated rings. The van der Waals surface area contributed by atoms with Gasteiger partial charge in [-0.1, -0.05) is 32.4 Å². The SMILES string of the molecule is Cc1cc(OCc2n[nH]c3c2CCNC3)c(C(C)(C)C)cc1Cl. The number of aromatic nitrogens is 2. The minimum Gasteiger partial charge on any atom is -0.487 e. The summed E-state index contributed by atoms with van der Waals surface area (Å²) in [6.45, 7) is 10.8. The smallest absolute Gasteiger partial charge is 0.132 e. The maximum absolute atomic E-state index is 6.31. The van der Waals surface area contributed by atoms with Crippen molar-refractivity contribution in [3.05, 3.63) is 45.2 Å². The number of nitrogens with one attached hydrogen (secondary N) is 2. The van der Waals surface area contributed by atoms with E-state index in [2.05, 4.69) is 36.3 Å². The molecule has 2 N–H and O–H groups in total. The van der Waals surface area contributed by atoms with E-state index >= 15 is 0 Å². The number of H-pyrrole nitrogens is 1. The lowest BCUT2D eigenvalue weighted by Crippen LogP contribution is -2.23. The molecule has 1 aromatic carbocycles. The standard InChI is InChI=1S/C18H24ClN3O/c1-11-7-17(13(8-14(11)19)18(2,3)4)23-10-16-12-5-6-20-9-15(12)21-22-16/h7-8,20H,5-6,9-10H2,1-4H3,(H,21,22). The minimum absolute atomic E-state index is 0.0262. The number of rotatable bonds is 3. The van der Waals surface area contributed by atoms with Gasteiger partial charge in [0.2, 0.25) is 0 Å². The molecule has 1 aliphatic rings. The van der Waals surface area contributed by atoms with Crippen molar-refractivity contribution in [1.29, 1.82) is 0 Å². The second-order valence-electron chi connectivity index (χ2n) is 7.19. The lowest BCUT2D eigenvalue weighted by atomic mass is 9.86. The Morgan fingerprint density at radius 1 is 1.30 bits per heavy atom. The summed E-state index contributed by atoms with van der Waals surface area (Å²) in [7, 11) is 0. The van der Waals surface area contributed by atoms with Crippen LogP contribution in [0.25, 0.3) is 0 Å². The van der Waals surface area contributed by atoms with Gasteiger partial charge >= 0.3 is 0 Å². The van der Waals surface area contributed by atoms with Gasteiger partial charge in [-0.05, 0) is 43.0 Å². The number of aromatic amines is 1. The van der Waals surface area contributed by atoms with Gasteiger partial charge in [0.05, 0.1) is 5.69 Å². The van der Waals surface area contributed by atoms with Gasteiger partial charge in [-0.3, -0.25) is 5.10 Å². The highest BCUT2D eigenvalue weighted by molar-refractivity contribution is 6.31. The van der Waals surface area contributed by atoms with Crippen LogP contribution in [0, 0.1) is 6.92 Å². The first kappa shape index (κ1) is 16.3. The zero-order valence-corrected chi connectivity index (χ0v) is 15.0. The molecule has 5 heteroatoms. The first-order valence-corrected chi connectivity index (χ1v) is 8.43. The zero-order chi connectivity index (χ0) is 16.6. The van der Waals surface area contributed by atoms with Crippen molar-refractivity contribution in [2.24, 2.45) is 0 Å².